The summed E-state index contributed by atoms with van der Waals surface area (Å²) in [5, 5.41) is 0. The molecule has 3 heteroatoms. The Balaban J connectivity index is 2.18. The Morgan fingerprint density at radius 3 is 2.50 bits per heavy atom. The van der Waals surface area contributed by atoms with Gasteiger partial charge in [-0.1, -0.05) is 0 Å². The molecule has 1 unspecified atom stereocenters. The van der Waals surface area contributed by atoms with E-state index in [0.717, 1.165) is 19.3 Å². The molecule has 1 atom stereocenters. The third kappa shape index (κ3) is 0.592. The quantitative estimate of drug-likeness (QED) is 0.509. The SMILES string of the molecule is NC1COC2(CCC2)C1=O. The van der Waals surface area contributed by atoms with E-state index in [9.17, 15) is 4.79 Å². The third-order valence-electron chi connectivity index (χ3n) is 2.49. The van der Waals surface area contributed by atoms with Crippen molar-refractivity contribution < 1.29 is 9.53 Å². The molecular weight excluding hydrogens is 130 g/mol. The van der Waals surface area contributed by atoms with Gasteiger partial charge in [0.05, 0.1) is 12.6 Å². The van der Waals surface area contributed by atoms with Gasteiger partial charge in [-0.25, -0.2) is 0 Å². The molecule has 1 aliphatic carbocycles. The maximum atomic E-state index is 11.3. The first-order chi connectivity index (χ1) is 4.75. The Kier molecular flexibility index (Phi) is 1.13. The van der Waals surface area contributed by atoms with Crippen molar-refractivity contribution in [1.82, 2.24) is 0 Å². The molecule has 0 amide bonds. The van der Waals surface area contributed by atoms with Crippen LogP contribution in [0.3, 0.4) is 0 Å². The number of nitrogens with two attached hydrogens (primary N) is 1. The van der Waals surface area contributed by atoms with Crippen molar-refractivity contribution in [1.29, 1.82) is 0 Å². The minimum atomic E-state index is -0.417. The summed E-state index contributed by atoms with van der Waals surface area (Å²) in [6.07, 6.45) is 2.89. The van der Waals surface area contributed by atoms with Crippen LogP contribution in [0.15, 0.2) is 0 Å². The second-order valence-electron chi connectivity index (χ2n) is 3.13. The fourth-order valence-electron chi connectivity index (χ4n) is 1.62. The zero-order chi connectivity index (χ0) is 7.19. The maximum Gasteiger partial charge on any atom is 0.183 e. The molecule has 1 saturated carbocycles. The molecule has 1 aliphatic heterocycles. The van der Waals surface area contributed by atoms with Crippen LogP contribution in [0.2, 0.25) is 0 Å². The van der Waals surface area contributed by atoms with E-state index in [4.69, 9.17) is 10.5 Å². The van der Waals surface area contributed by atoms with Gasteiger partial charge in [0.1, 0.15) is 5.60 Å². The van der Waals surface area contributed by atoms with Crippen LogP contribution in [-0.4, -0.2) is 24.0 Å². The number of carbonyl (C=O) groups excluding carboxylic acids is 1. The largest absolute Gasteiger partial charge is 0.365 e. The van der Waals surface area contributed by atoms with Crippen LogP contribution in [0.4, 0.5) is 0 Å². The Morgan fingerprint density at radius 2 is 2.30 bits per heavy atom. The zero-order valence-corrected chi connectivity index (χ0v) is 5.80. The highest BCUT2D eigenvalue weighted by atomic mass is 16.5. The lowest BCUT2D eigenvalue weighted by Crippen LogP contribution is -2.46. The van der Waals surface area contributed by atoms with E-state index in [0.29, 0.717) is 6.61 Å². The van der Waals surface area contributed by atoms with Gasteiger partial charge in [-0.05, 0) is 19.3 Å². The fraction of sp³-hybridized carbons (Fsp3) is 0.857. The number of Topliss-reactive ketones (excluding diaryl/α,β-unsaturated/α-hetero) is 1. The first kappa shape index (κ1) is 6.31. The topological polar surface area (TPSA) is 52.3 Å². The summed E-state index contributed by atoms with van der Waals surface area (Å²) in [6, 6.07) is -0.347. The molecule has 2 N–H and O–H groups in total. The van der Waals surface area contributed by atoms with E-state index in [-0.39, 0.29) is 11.8 Å². The minimum Gasteiger partial charge on any atom is -0.365 e. The van der Waals surface area contributed by atoms with Gasteiger partial charge in [-0.2, -0.15) is 0 Å². The lowest BCUT2D eigenvalue weighted by atomic mass is 9.77. The Labute approximate surface area is 59.5 Å². The Morgan fingerprint density at radius 1 is 1.60 bits per heavy atom. The molecule has 0 aromatic heterocycles. The highest BCUT2D eigenvalue weighted by Crippen LogP contribution is 2.40. The Hall–Kier alpha value is -0.410. The van der Waals surface area contributed by atoms with Crippen LogP contribution in [-0.2, 0) is 9.53 Å². The molecule has 1 saturated heterocycles. The van der Waals surface area contributed by atoms with Gasteiger partial charge < -0.3 is 10.5 Å². The summed E-state index contributed by atoms with van der Waals surface area (Å²) >= 11 is 0. The van der Waals surface area contributed by atoms with Crippen molar-refractivity contribution in [3.8, 4) is 0 Å². The predicted octanol–water partition coefficient (Wildman–Crippen LogP) is -0.164. The highest BCUT2D eigenvalue weighted by molar-refractivity contribution is 5.94. The average molecular weight is 141 g/mol. The second-order valence-corrected chi connectivity index (χ2v) is 3.13. The number of hydrogen-bond acceptors (Lipinski definition) is 3. The van der Waals surface area contributed by atoms with Gasteiger partial charge in [0.25, 0.3) is 0 Å². The number of ketones is 1. The van der Waals surface area contributed by atoms with Crippen molar-refractivity contribution in [3.05, 3.63) is 0 Å². The van der Waals surface area contributed by atoms with Gasteiger partial charge in [-0.3, -0.25) is 4.79 Å². The molecule has 2 aliphatic rings. The molecule has 56 valence electrons. The van der Waals surface area contributed by atoms with Crippen LogP contribution < -0.4 is 5.73 Å². The standard InChI is InChI=1S/C7H11NO2/c8-5-4-10-7(6(5)9)2-1-3-7/h5H,1-4,8H2. The lowest BCUT2D eigenvalue weighted by molar-refractivity contribution is -0.140. The molecule has 1 heterocycles. The third-order valence-corrected chi connectivity index (χ3v) is 2.49. The molecule has 10 heavy (non-hydrogen) atoms. The van der Waals surface area contributed by atoms with Gasteiger partial charge in [-0.15, -0.1) is 0 Å². The average Bonchev–Trinajstić information content (AvgIpc) is 2.10. The van der Waals surface area contributed by atoms with Crippen molar-refractivity contribution in [2.75, 3.05) is 6.61 Å². The van der Waals surface area contributed by atoms with Crippen LogP contribution in [0.5, 0.6) is 0 Å². The summed E-state index contributed by atoms with van der Waals surface area (Å²) in [4.78, 5) is 11.3. The van der Waals surface area contributed by atoms with Crippen molar-refractivity contribution in [2.24, 2.45) is 5.73 Å². The molecule has 0 aromatic rings. The molecule has 1 spiro atoms. The van der Waals surface area contributed by atoms with Gasteiger partial charge in [0.15, 0.2) is 5.78 Å². The normalized spacial score (nSPS) is 36.5. The van der Waals surface area contributed by atoms with E-state index in [1.165, 1.54) is 0 Å². The number of hydrogen-bond donors (Lipinski definition) is 1. The first-order valence-electron chi connectivity index (χ1n) is 3.68. The fourth-order valence-corrected chi connectivity index (χ4v) is 1.62. The highest BCUT2D eigenvalue weighted by Gasteiger charge is 2.51. The summed E-state index contributed by atoms with van der Waals surface area (Å²) in [5.41, 5.74) is 5.07. The summed E-state index contributed by atoms with van der Waals surface area (Å²) < 4.78 is 5.33. The molecule has 0 radical (unpaired) electrons. The van der Waals surface area contributed by atoms with Crippen LogP contribution in [0, 0.1) is 0 Å². The zero-order valence-electron chi connectivity index (χ0n) is 5.80. The summed E-state index contributed by atoms with van der Waals surface area (Å²) in [6.45, 7) is 0.429. The first-order valence-corrected chi connectivity index (χ1v) is 3.68. The van der Waals surface area contributed by atoms with Gasteiger partial charge in [0, 0.05) is 0 Å². The van der Waals surface area contributed by atoms with Crippen LogP contribution in [0.1, 0.15) is 19.3 Å². The number of carbonyl (C=O) groups is 1. The van der Waals surface area contributed by atoms with Crippen LogP contribution in [0.25, 0.3) is 0 Å². The van der Waals surface area contributed by atoms with E-state index in [1.54, 1.807) is 0 Å². The summed E-state index contributed by atoms with van der Waals surface area (Å²) in [5.74, 6) is 0.124. The Bertz CT molecular complexity index is 174. The van der Waals surface area contributed by atoms with E-state index in [2.05, 4.69) is 0 Å². The number of ether oxygens (including phenoxy) is 1. The van der Waals surface area contributed by atoms with E-state index >= 15 is 0 Å². The van der Waals surface area contributed by atoms with Crippen molar-refractivity contribution in [2.45, 2.75) is 30.9 Å². The van der Waals surface area contributed by atoms with Gasteiger partial charge in [0.2, 0.25) is 0 Å². The van der Waals surface area contributed by atoms with E-state index < -0.39 is 5.60 Å². The second kappa shape index (κ2) is 1.80. The van der Waals surface area contributed by atoms with Crippen LogP contribution >= 0.6 is 0 Å². The molecule has 3 nitrogen and oxygen atoms in total. The maximum absolute atomic E-state index is 11.3. The smallest absolute Gasteiger partial charge is 0.183 e. The number of rotatable bonds is 0. The lowest BCUT2D eigenvalue weighted by Gasteiger charge is -2.35. The minimum absolute atomic E-state index is 0.124. The predicted molar refractivity (Wildman–Crippen MR) is 35.5 cm³/mol. The van der Waals surface area contributed by atoms with Crippen molar-refractivity contribution >= 4 is 5.78 Å². The van der Waals surface area contributed by atoms with Crippen molar-refractivity contribution in [3.63, 3.8) is 0 Å². The monoisotopic (exact) mass is 141 g/mol. The molecule has 0 aromatic carbocycles. The molecular formula is C7H11NO2. The molecule has 2 fully saturated rings. The van der Waals surface area contributed by atoms with E-state index in [1.807, 2.05) is 0 Å². The molecule has 0 bridgehead atoms. The summed E-state index contributed by atoms with van der Waals surface area (Å²) in [7, 11) is 0. The molecule has 2 rings (SSSR count). The van der Waals surface area contributed by atoms with Gasteiger partial charge >= 0.3 is 0 Å².